The van der Waals surface area contributed by atoms with Gasteiger partial charge in [0.05, 0.1) is 6.54 Å². The van der Waals surface area contributed by atoms with Crippen LogP contribution in [0.15, 0.2) is 47.5 Å². The van der Waals surface area contributed by atoms with Crippen LogP contribution >= 0.6 is 11.6 Å². The van der Waals surface area contributed by atoms with E-state index in [9.17, 15) is 18.0 Å². The number of likely N-dealkylation sites (tertiary alicyclic amines) is 1. The van der Waals surface area contributed by atoms with Crippen LogP contribution in [0.1, 0.15) is 24.8 Å². The summed E-state index contributed by atoms with van der Waals surface area (Å²) in [5.74, 6) is 0.340. The number of guanidine groups is 1. The second kappa shape index (κ2) is 7.88. The molecule has 3 aliphatic heterocycles. The van der Waals surface area contributed by atoms with Crippen molar-refractivity contribution in [1.29, 1.82) is 0 Å². The highest BCUT2D eigenvalue weighted by atomic mass is 35.5. The van der Waals surface area contributed by atoms with Gasteiger partial charge in [0.15, 0.2) is 11.5 Å². The Balaban J connectivity index is 1.55. The first-order valence-electron chi connectivity index (χ1n) is 11.0. The lowest BCUT2D eigenvalue weighted by molar-refractivity contribution is -0.155. The smallest absolute Gasteiger partial charge is 0.401 e. The monoisotopic (exact) mass is 492 g/mol. The lowest BCUT2D eigenvalue weighted by Crippen LogP contribution is -2.56. The quantitative estimate of drug-likeness (QED) is 0.683. The minimum Gasteiger partial charge on any atom is -0.487 e. The molecule has 1 atom stereocenters. The fraction of sp³-hybridized carbons (Fsp3) is 0.417. The number of ether oxygens (including phenoxy) is 1. The number of nitrogens with zero attached hydrogens (tertiary/aromatic N) is 3. The highest BCUT2D eigenvalue weighted by molar-refractivity contribution is 6.30. The number of rotatable bonds is 2. The first-order chi connectivity index (χ1) is 16.0. The SMILES string of the molecule is CN1C(=O)C2(CC3(CCN(CC(F)(F)F)CC3)Oc3ccc(-c4cccc(Cl)c4)cc32)N=C1N. The Morgan fingerprint density at radius 3 is 2.47 bits per heavy atom. The first kappa shape index (κ1) is 23.0. The molecule has 6 nitrogen and oxygen atoms in total. The maximum Gasteiger partial charge on any atom is 0.401 e. The van der Waals surface area contributed by atoms with E-state index in [0.29, 0.717) is 29.2 Å². The lowest BCUT2D eigenvalue weighted by atomic mass is 9.72. The molecule has 1 saturated heterocycles. The Bertz CT molecular complexity index is 1180. The number of halogens is 4. The van der Waals surface area contributed by atoms with Gasteiger partial charge in [0.25, 0.3) is 5.91 Å². The van der Waals surface area contributed by atoms with Crippen LogP contribution in [0.2, 0.25) is 5.02 Å². The Kier molecular flexibility index (Phi) is 5.33. The average Bonchev–Trinajstić information content (AvgIpc) is 2.98. The molecule has 180 valence electrons. The van der Waals surface area contributed by atoms with Crippen molar-refractivity contribution in [2.45, 2.75) is 36.6 Å². The third-order valence-corrected chi connectivity index (χ3v) is 7.20. The summed E-state index contributed by atoms with van der Waals surface area (Å²) in [7, 11) is 1.57. The van der Waals surface area contributed by atoms with E-state index in [2.05, 4.69) is 4.99 Å². The molecule has 3 aliphatic rings. The molecule has 10 heteroatoms. The molecule has 3 heterocycles. The largest absolute Gasteiger partial charge is 0.487 e. The highest BCUT2D eigenvalue weighted by Crippen LogP contribution is 2.52. The number of benzene rings is 2. The fourth-order valence-corrected chi connectivity index (χ4v) is 5.45. The molecule has 1 unspecified atom stereocenters. The summed E-state index contributed by atoms with van der Waals surface area (Å²) in [6.45, 7) is -0.524. The number of piperidine rings is 1. The number of hydrogen-bond donors (Lipinski definition) is 1. The zero-order chi connectivity index (χ0) is 24.3. The maximum atomic E-state index is 13.5. The van der Waals surface area contributed by atoms with Gasteiger partial charge < -0.3 is 10.5 Å². The Labute approximate surface area is 200 Å². The number of carbonyl (C=O) groups is 1. The van der Waals surface area contributed by atoms with Crippen molar-refractivity contribution >= 4 is 23.5 Å². The average molecular weight is 493 g/mol. The molecule has 5 rings (SSSR count). The number of alkyl halides is 3. The summed E-state index contributed by atoms with van der Waals surface area (Å²) in [5.41, 5.74) is 6.30. The van der Waals surface area contributed by atoms with E-state index in [0.717, 1.165) is 11.1 Å². The second-order valence-corrected chi connectivity index (χ2v) is 9.71. The Morgan fingerprint density at radius 1 is 1.15 bits per heavy atom. The van der Waals surface area contributed by atoms with Crippen molar-refractivity contribution in [3.05, 3.63) is 53.1 Å². The van der Waals surface area contributed by atoms with Crippen LogP contribution in [-0.2, 0) is 10.3 Å². The Hall–Kier alpha value is -2.78. The zero-order valence-corrected chi connectivity index (χ0v) is 19.3. The van der Waals surface area contributed by atoms with E-state index in [-0.39, 0.29) is 31.4 Å². The van der Waals surface area contributed by atoms with Crippen LogP contribution in [0.3, 0.4) is 0 Å². The molecule has 2 spiro atoms. The summed E-state index contributed by atoms with van der Waals surface area (Å²) in [4.78, 5) is 20.9. The van der Waals surface area contributed by atoms with Gasteiger partial charge in [-0.1, -0.05) is 29.8 Å². The zero-order valence-electron chi connectivity index (χ0n) is 18.5. The third-order valence-electron chi connectivity index (χ3n) is 6.97. The second-order valence-electron chi connectivity index (χ2n) is 9.27. The van der Waals surface area contributed by atoms with Gasteiger partial charge in [-0.3, -0.25) is 14.6 Å². The molecule has 1 amide bonds. The van der Waals surface area contributed by atoms with Gasteiger partial charge in [-0.15, -0.1) is 0 Å². The van der Waals surface area contributed by atoms with E-state index in [1.165, 1.54) is 9.80 Å². The molecular formula is C24H24ClF3N4O2. The van der Waals surface area contributed by atoms with Gasteiger partial charge in [-0.05, 0) is 48.2 Å². The van der Waals surface area contributed by atoms with E-state index in [1.807, 2.05) is 30.3 Å². The molecule has 0 bridgehead atoms. The van der Waals surface area contributed by atoms with Gasteiger partial charge in [0.1, 0.15) is 11.4 Å². The molecule has 2 aromatic carbocycles. The highest BCUT2D eigenvalue weighted by Gasteiger charge is 2.58. The molecular weight excluding hydrogens is 469 g/mol. The van der Waals surface area contributed by atoms with Crippen LogP contribution in [0, 0.1) is 0 Å². The van der Waals surface area contributed by atoms with E-state index in [1.54, 1.807) is 19.2 Å². The molecule has 0 aromatic heterocycles. The predicted octanol–water partition coefficient (Wildman–Crippen LogP) is 4.17. The number of nitrogens with two attached hydrogens (primary N) is 1. The minimum atomic E-state index is -4.26. The van der Waals surface area contributed by atoms with E-state index in [4.69, 9.17) is 22.1 Å². The number of aliphatic imine (C=N–C) groups is 1. The molecule has 0 saturated carbocycles. The van der Waals surface area contributed by atoms with Crippen LogP contribution < -0.4 is 10.5 Å². The number of carbonyl (C=O) groups excluding carboxylic acids is 1. The third kappa shape index (κ3) is 3.90. The van der Waals surface area contributed by atoms with Gasteiger partial charge >= 0.3 is 6.18 Å². The van der Waals surface area contributed by atoms with Crippen LogP contribution in [0.25, 0.3) is 11.1 Å². The minimum absolute atomic E-state index is 0.107. The summed E-state index contributed by atoms with van der Waals surface area (Å²) >= 11 is 6.17. The Morgan fingerprint density at radius 2 is 1.85 bits per heavy atom. The summed E-state index contributed by atoms with van der Waals surface area (Å²) in [5, 5.41) is 0.588. The molecule has 34 heavy (non-hydrogen) atoms. The van der Waals surface area contributed by atoms with Gasteiger partial charge in [0.2, 0.25) is 0 Å². The molecule has 0 aliphatic carbocycles. The topological polar surface area (TPSA) is 71.2 Å². The van der Waals surface area contributed by atoms with Crippen molar-refractivity contribution in [2.24, 2.45) is 10.7 Å². The number of fused-ring (bicyclic) bond motifs is 2. The normalized spacial score (nSPS) is 24.3. The van der Waals surface area contributed by atoms with Gasteiger partial charge in [-0.25, -0.2) is 4.99 Å². The molecule has 1 fully saturated rings. The van der Waals surface area contributed by atoms with Crippen molar-refractivity contribution in [1.82, 2.24) is 9.80 Å². The van der Waals surface area contributed by atoms with Crippen LogP contribution in [0.5, 0.6) is 5.75 Å². The van der Waals surface area contributed by atoms with Gasteiger partial charge in [0, 0.05) is 37.1 Å². The number of hydrogen-bond acceptors (Lipinski definition) is 5. The van der Waals surface area contributed by atoms with Crippen molar-refractivity contribution < 1.29 is 22.7 Å². The molecule has 2 N–H and O–H groups in total. The maximum absolute atomic E-state index is 13.5. The van der Waals surface area contributed by atoms with E-state index < -0.39 is 23.9 Å². The van der Waals surface area contributed by atoms with Crippen molar-refractivity contribution in [3.8, 4) is 16.9 Å². The fourth-order valence-electron chi connectivity index (χ4n) is 5.26. The molecule has 2 aromatic rings. The number of likely N-dealkylation sites (N-methyl/N-ethyl adjacent to an activating group) is 1. The summed E-state index contributed by atoms with van der Waals surface area (Å²) < 4.78 is 45.1. The first-order valence-corrected chi connectivity index (χ1v) is 11.4. The predicted molar refractivity (Wildman–Crippen MR) is 123 cm³/mol. The van der Waals surface area contributed by atoms with Crippen LogP contribution in [-0.4, -0.2) is 60.1 Å². The van der Waals surface area contributed by atoms with Crippen molar-refractivity contribution in [3.63, 3.8) is 0 Å². The van der Waals surface area contributed by atoms with Crippen molar-refractivity contribution in [2.75, 3.05) is 26.7 Å². The molecule has 0 radical (unpaired) electrons. The van der Waals surface area contributed by atoms with Gasteiger partial charge in [-0.2, -0.15) is 13.2 Å². The summed E-state index contributed by atoms with van der Waals surface area (Å²) in [6, 6.07) is 12.9. The number of amides is 1. The van der Waals surface area contributed by atoms with E-state index >= 15 is 0 Å². The lowest BCUT2D eigenvalue weighted by Gasteiger charge is -2.48. The summed E-state index contributed by atoms with van der Waals surface area (Å²) in [6.07, 6.45) is -3.33. The standard InChI is InChI=1S/C24H24ClF3N4O2/c1-31-20(33)23(30-21(31)29)13-22(7-9-32(10-8-22)14-24(26,27)28)34-19-6-5-16(12-18(19)23)15-3-2-4-17(25)11-15/h2-6,11-12H,7-10,13-14H2,1H3,(H2,29,30). The van der Waals surface area contributed by atoms with Crippen LogP contribution in [0.4, 0.5) is 13.2 Å².